The van der Waals surface area contributed by atoms with Gasteiger partial charge < -0.3 is 29.6 Å². The number of rotatable bonds is 7. The number of hydrogen-bond acceptors (Lipinski definition) is 5. The molecule has 2 fully saturated rings. The molecule has 1 aromatic carbocycles. The molecule has 0 radical (unpaired) electrons. The van der Waals surface area contributed by atoms with E-state index in [9.17, 15) is 14.4 Å². The van der Waals surface area contributed by atoms with Gasteiger partial charge in [-0.3, -0.25) is 9.59 Å². The summed E-state index contributed by atoms with van der Waals surface area (Å²) in [6, 6.07) is 7.73. The van der Waals surface area contributed by atoms with Gasteiger partial charge in [-0.2, -0.15) is 0 Å². The first kappa shape index (κ1) is 24.9. The van der Waals surface area contributed by atoms with Crippen LogP contribution >= 0.6 is 0 Å². The number of nitrogens with zero attached hydrogens (tertiary/aromatic N) is 3. The van der Waals surface area contributed by atoms with Gasteiger partial charge in [0.05, 0.1) is 29.3 Å². The molecule has 10 heteroatoms. The molecule has 2 aromatic heterocycles. The van der Waals surface area contributed by atoms with E-state index in [1.165, 1.54) is 19.3 Å². The number of fused-ring (bicyclic) bond motifs is 1. The van der Waals surface area contributed by atoms with Gasteiger partial charge in [-0.25, -0.2) is 9.78 Å². The first-order chi connectivity index (χ1) is 18.0. The van der Waals surface area contributed by atoms with Crippen LogP contribution in [0.1, 0.15) is 67.8 Å². The zero-order chi connectivity index (χ0) is 25.8. The van der Waals surface area contributed by atoms with Gasteiger partial charge in [0.1, 0.15) is 12.1 Å². The molecular formula is C27H33N5O5. The standard InChI is InChI=1S/C27H33N5O5/c33-24(34)8-12-28-27(36)31-13-9-20(10-14-31)29-26(35)18-6-7-23-22(16-18)30-25(19-11-15-37-17-19)32(23)21-4-2-1-3-5-21/h6-7,11,15-17,20-21H,1-5,8-10,12-14H2,(H,28,36)(H,29,35)(H,33,34). The molecule has 0 bridgehead atoms. The third kappa shape index (κ3) is 5.63. The third-order valence-corrected chi connectivity index (χ3v) is 7.40. The minimum atomic E-state index is -0.946. The van der Waals surface area contributed by atoms with Crippen LogP contribution in [0.5, 0.6) is 0 Å². The van der Waals surface area contributed by atoms with E-state index in [2.05, 4.69) is 15.2 Å². The number of imidazole rings is 1. The van der Waals surface area contributed by atoms with Crippen molar-refractivity contribution in [2.75, 3.05) is 19.6 Å². The van der Waals surface area contributed by atoms with Crippen LogP contribution in [-0.4, -0.2) is 63.1 Å². The van der Waals surface area contributed by atoms with Gasteiger partial charge >= 0.3 is 12.0 Å². The maximum atomic E-state index is 13.1. The molecule has 196 valence electrons. The molecule has 0 unspecified atom stereocenters. The summed E-state index contributed by atoms with van der Waals surface area (Å²) in [7, 11) is 0. The van der Waals surface area contributed by atoms with Crippen LogP contribution in [0.25, 0.3) is 22.4 Å². The quantitative estimate of drug-likeness (QED) is 0.440. The molecule has 3 N–H and O–H groups in total. The van der Waals surface area contributed by atoms with Gasteiger partial charge in [-0.15, -0.1) is 0 Å². The molecule has 1 saturated carbocycles. The maximum Gasteiger partial charge on any atom is 0.317 e. The number of urea groups is 1. The van der Waals surface area contributed by atoms with Crippen LogP contribution in [0.3, 0.4) is 0 Å². The number of hydrogen-bond donors (Lipinski definition) is 3. The van der Waals surface area contributed by atoms with Gasteiger partial charge in [0.15, 0.2) is 0 Å². The molecule has 3 amide bonds. The van der Waals surface area contributed by atoms with Crippen molar-refractivity contribution in [1.82, 2.24) is 25.1 Å². The number of piperidine rings is 1. The number of likely N-dealkylation sites (tertiary alicyclic amines) is 1. The first-order valence-electron chi connectivity index (χ1n) is 13.1. The summed E-state index contributed by atoms with van der Waals surface area (Å²) >= 11 is 0. The van der Waals surface area contributed by atoms with Gasteiger partial charge in [-0.1, -0.05) is 19.3 Å². The molecule has 5 rings (SSSR count). The fraction of sp³-hybridized carbons (Fsp3) is 0.481. The Kier molecular flexibility index (Phi) is 7.43. The van der Waals surface area contributed by atoms with E-state index in [1.54, 1.807) is 17.4 Å². The van der Waals surface area contributed by atoms with E-state index in [0.717, 1.165) is 35.3 Å². The number of amides is 3. The Balaban J connectivity index is 1.25. The highest BCUT2D eigenvalue weighted by molar-refractivity contribution is 5.98. The molecule has 2 aliphatic rings. The zero-order valence-corrected chi connectivity index (χ0v) is 20.8. The van der Waals surface area contributed by atoms with Gasteiger partial charge in [0.25, 0.3) is 5.91 Å². The second-order valence-corrected chi connectivity index (χ2v) is 9.92. The van der Waals surface area contributed by atoms with Crippen molar-refractivity contribution in [3.05, 3.63) is 42.4 Å². The molecule has 1 aliphatic carbocycles. The number of benzene rings is 1. The normalized spacial score (nSPS) is 17.1. The van der Waals surface area contributed by atoms with Crippen molar-refractivity contribution >= 4 is 28.9 Å². The first-order valence-corrected chi connectivity index (χ1v) is 13.1. The Labute approximate surface area is 215 Å². The van der Waals surface area contributed by atoms with Crippen LogP contribution in [0, 0.1) is 0 Å². The highest BCUT2D eigenvalue weighted by Crippen LogP contribution is 2.36. The number of carboxylic acids is 1. The van der Waals surface area contributed by atoms with Crippen LogP contribution in [0.15, 0.2) is 41.2 Å². The van der Waals surface area contributed by atoms with Gasteiger partial charge in [-0.05, 0) is 49.9 Å². The van der Waals surface area contributed by atoms with E-state index in [4.69, 9.17) is 14.5 Å². The van der Waals surface area contributed by atoms with Crippen molar-refractivity contribution in [2.24, 2.45) is 0 Å². The lowest BCUT2D eigenvalue weighted by Crippen LogP contribution is -2.49. The number of carbonyl (C=O) groups is 3. The van der Waals surface area contributed by atoms with Crippen LogP contribution in [0.2, 0.25) is 0 Å². The monoisotopic (exact) mass is 507 g/mol. The summed E-state index contributed by atoms with van der Waals surface area (Å²) in [6.45, 7) is 1.11. The van der Waals surface area contributed by atoms with E-state index in [1.807, 2.05) is 24.3 Å². The molecule has 37 heavy (non-hydrogen) atoms. The van der Waals surface area contributed by atoms with Crippen molar-refractivity contribution in [3.8, 4) is 11.4 Å². The summed E-state index contributed by atoms with van der Waals surface area (Å²) in [6.07, 6.45) is 10.5. The maximum absolute atomic E-state index is 13.1. The largest absolute Gasteiger partial charge is 0.481 e. The van der Waals surface area contributed by atoms with Crippen molar-refractivity contribution < 1.29 is 23.9 Å². The lowest BCUT2D eigenvalue weighted by atomic mass is 9.95. The summed E-state index contributed by atoms with van der Waals surface area (Å²) in [5.74, 6) is -0.219. The van der Waals surface area contributed by atoms with Gasteiger partial charge in [0, 0.05) is 37.3 Å². The number of nitrogens with one attached hydrogen (secondary N) is 2. The Bertz CT molecular complexity index is 1250. The third-order valence-electron chi connectivity index (χ3n) is 7.40. The molecule has 0 atom stereocenters. The predicted octanol–water partition coefficient (Wildman–Crippen LogP) is 4.18. The number of carboxylic acid groups (broad SMARTS) is 1. The average Bonchev–Trinajstić information content (AvgIpc) is 3.57. The fourth-order valence-electron chi connectivity index (χ4n) is 5.43. The lowest BCUT2D eigenvalue weighted by Gasteiger charge is -2.32. The summed E-state index contributed by atoms with van der Waals surface area (Å²) in [5.41, 5.74) is 3.32. The van der Waals surface area contributed by atoms with Crippen LogP contribution < -0.4 is 10.6 Å². The Morgan fingerprint density at radius 2 is 1.84 bits per heavy atom. The lowest BCUT2D eigenvalue weighted by molar-refractivity contribution is -0.136. The Morgan fingerprint density at radius 1 is 1.05 bits per heavy atom. The smallest absolute Gasteiger partial charge is 0.317 e. The predicted molar refractivity (Wildman–Crippen MR) is 137 cm³/mol. The summed E-state index contributed by atoms with van der Waals surface area (Å²) in [5, 5.41) is 14.4. The minimum Gasteiger partial charge on any atom is -0.481 e. The molecule has 1 saturated heterocycles. The van der Waals surface area contributed by atoms with Crippen molar-refractivity contribution in [3.63, 3.8) is 0 Å². The van der Waals surface area contributed by atoms with Gasteiger partial charge in [0.2, 0.25) is 0 Å². The number of aromatic nitrogens is 2. The Hall–Kier alpha value is -3.82. The van der Waals surface area contributed by atoms with E-state index >= 15 is 0 Å². The zero-order valence-electron chi connectivity index (χ0n) is 20.8. The second kappa shape index (κ2) is 11.1. The topological polar surface area (TPSA) is 130 Å². The van der Waals surface area contributed by atoms with Crippen LogP contribution in [-0.2, 0) is 4.79 Å². The minimum absolute atomic E-state index is 0.0347. The molecule has 3 heterocycles. The highest BCUT2D eigenvalue weighted by atomic mass is 16.4. The Morgan fingerprint density at radius 3 is 2.54 bits per heavy atom. The number of carbonyl (C=O) groups excluding carboxylic acids is 2. The van der Waals surface area contributed by atoms with Crippen molar-refractivity contribution in [1.29, 1.82) is 0 Å². The summed E-state index contributed by atoms with van der Waals surface area (Å²) in [4.78, 5) is 42.5. The van der Waals surface area contributed by atoms with E-state index in [-0.39, 0.29) is 30.9 Å². The summed E-state index contributed by atoms with van der Waals surface area (Å²) < 4.78 is 7.65. The number of aliphatic carboxylic acids is 1. The van der Waals surface area contributed by atoms with E-state index < -0.39 is 5.97 Å². The van der Waals surface area contributed by atoms with E-state index in [0.29, 0.717) is 37.5 Å². The fourth-order valence-corrected chi connectivity index (χ4v) is 5.43. The number of furan rings is 1. The molecule has 1 aliphatic heterocycles. The van der Waals surface area contributed by atoms with Crippen molar-refractivity contribution in [2.45, 2.75) is 63.5 Å². The molecule has 0 spiro atoms. The molecule has 3 aromatic rings. The van der Waals surface area contributed by atoms with Crippen LogP contribution in [0.4, 0.5) is 4.79 Å². The molecule has 10 nitrogen and oxygen atoms in total. The highest BCUT2D eigenvalue weighted by Gasteiger charge is 2.26. The SMILES string of the molecule is O=C(O)CCNC(=O)N1CCC(NC(=O)c2ccc3c(c2)nc(-c2ccoc2)n3C2CCCCC2)CC1. The molecular weight excluding hydrogens is 474 g/mol. The average molecular weight is 508 g/mol. The second-order valence-electron chi connectivity index (χ2n) is 9.92.